The molecule has 14 aromatic carbocycles. The molecule has 0 aliphatic rings. The second kappa shape index (κ2) is 18.6. The third-order valence-electron chi connectivity index (χ3n) is 17.6. The van der Waals surface area contributed by atoms with Gasteiger partial charge in [-0.25, -0.2) is 0 Å². The summed E-state index contributed by atoms with van der Waals surface area (Å²) >= 11 is 0. The van der Waals surface area contributed by atoms with Crippen LogP contribution in [-0.2, 0) is 0 Å². The molecule has 5 nitrogen and oxygen atoms in total. The standard InChI is InChI=1S/C80H49N3O2/c1-4-18-50(19-5-1)53-24-14-26-60(40-53)81(72-32-16-30-66-64-28-10-12-34-76(64)84-79(66)72)62-38-36-55-44-68-70-46-59(52-22-8-3-9-23-52)47-71-69-45-56-37-39-63(43-58(56)49-75(69)83(78(70)71)74(68)48-57(55)42-62)82(61-27-15-25-54(41-61)51-20-6-2-7-21-51)73-33-17-31-67-65-29-11-13-35-77(65)85-80(67)73/h1-49H. The van der Waals surface area contributed by atoms with Gasteiger partial charge >= 0.3 is 0 Å². The number of benzene rings is 14. The van der Waals surface area contributed by atoms with Crippen LogP contribution >= 0.6 is 0 Å². The summed E-state index contributed by atoms with van der Waals surface area (Å²) in [7, 11) is 0. The number of fused-ring (bicyclic) bond motifs is 14. The second-order valence-electron chi connectivity index (χ2n) is 22.4. The quantitative estimate of drug-likeness (QED) is 0.144. The number of hydrogen-bond donors (Lipinski definition) is 0. The molecule has 0 aliphatic carbocycles. The second-order valence-corrected chi connectivity index (χ2v) is 22.4. The van der Waals surface area contributed by atoms with Crippen LogP contribution in [0.5, 0.6) is 0 Å². The molecule has 0 fully saturated rings. The van der Waals surface area contributed by atoms with E-state index in [0.29, 0.717) is 0 Å². The summed E-state index contributed by atoms with van der Waals surface area (Å²) in [4.78, 5) is 4.74. The van der Waals surface area contributed by atoms with E-state index in [2.05, 4.69) is 299 Å². The third kappa shape index (κ3) is 7.44. The molecule has 0 radical (unpaired) electrons. The van der Waals surface area contributed by atoms with Crippen LogP contribution in [0.1, 0.15) is 0 Å². The molecular formula is C80H49N3O2. The molecule has 396 valence electrons. The zero-order chi connectivity index (χ0) is 55.7. The summed E-state index contributed by atoms with van der Waals surface area (Å²) in [6, 6.07) is 108. The highest BCUT2D eigenvalue weighted by Crippen LogP contribution is 2.49. The van der Waals surface area contributed by atoms with E-state index in [1.54, 1.807) is 0 Å². The predicted molar refractivity (Wildman–Crippen MR) is 356 cm³/mol. The van der Waals surface area contributed by atoms with E-state index in [1.165, 1.54) is 49.0 Å². The summed E-state index contributed by atoms with van der Waals surface area (Å²) in [5.74, 6) is 0. The normalized spacial score (nSPS) is 12.0. The third-order valence-corrected chi connectivity index (χ3v) is 17.6. The van der Waals surface area contributed by atoms with E-state index < -0.39 is 0 Å². The van der Waals surface area contributed by atoms with E-state index in [9.17, 15) is 0 Å². The van der Waals surface area contributed by atoms with Crippen LogP contribution in [0, 0.1) is 0 Å². The molecule has 0 atom stereocenters. The van der Waals surface area contributed by atoms with Gasteiger partial charge in [-0.1, -0.05) is 188 Å². The molecule has 4 aromatic heterocycles. The molecule has 4 heterocycles. The maximum Gasteiger partial charge on any atom is 0.159 e. The highest BCUT2D eigenvalue weighted by Gasteiger charge is 2.25. The van der Waals surface area contributed by atoms with E-state index in [4.69, 9.17) is 8.83 Å². The summed E-state index contributed by atoms with van der Waals surface area (Å²) < 4.78 is 16.1. The Labute approximate surface area is 488 Å². The monoisotopic (exact) mass is 1080 g/mol. The van der Waals surface area contributed by atoms with Crippen molar-refractivity contribution in [2.75, 3.05) is 9.80 Å². The Bertz CT molecular complexity index is 5350. The first-order chi connectivity index (χ1) is 42.1. The van der Waals surface area contributed by atoms with Crippen molar-refractivity contribution in [3.63, 3.8) is 0 Å². The number of aromatic nitrogens is 1. The molecule has 0 saturated heterocycles. The zero-order valence-corrected chi connectivity index (χ0v) is 45.9. The van der Waals surface area contributed by atoms with Crippen molar-refractivity contribution in [1.82, 2.24) is 4.40 Å². The number of nitrogens with zero attached hydrogens (tertiary/aromatic N) is 3. The van der Waals surface area contributed by atoms with Gasteiger partial charge in [0.1, 0.15) is 11.2 Å². The SMILES string of the molecule is c1ccc(-c2cccc(N(c3ccc4cc5c6cc(-c7ccccc7)cc7c8cc9ccc(N(c%10cccc(-c%11ccccc%11)c%10)c%10cccc%11c%10oc%10ccccc%10%11)cc9cc8n(c5cc4c3)c67)c3cccc4c3oc3ccccc34)c2)cc1. The smallest absolute Gasteiger partial charge is 0.159 e. The first-order valence-electron chi connectivity index (χ1n) is 29.0. The summed E-state index contributed by atoms with van der Waals surface area (Å²) in [6.07, 6.45) is 0. The van der Waals surface area contributed by atoms with Crippen molar-refractivity contribution in [3.05, 3.63) is 297 Å². The fourth-order valence-corrected chi connectivity index (χ4v) is 13.7. The molecule has 0 bridgehead atoms. The van der Waals surface area contributed by atoms with E-state index in [0.717, 1.165) is 122 Å². The maximum atomic E-state index is 6.81. The van der Waals surface area contributed by atoms with Crippen LogP contribution in [0.25, 0.3) is 137 Å². The van der Waals surface area contributed by atoms with E-state index in [1.807, 2.05) is 12.1 Å². The molecule has 85 heavy (non-hydrogen) atoms. The Morgan fingerprint density at radius 1 is 0.235 bits per heavy atom. The highest BCUT2D eigenvalue weighted by atomic mass is 16.3. The van der Waals surface area contributed by atoms with Crippen molar-refractivity contribution in [3.8, 4) is 33.4 Å². The van der Waals surface area contributed by atoms with Crippen LogP contribution < -0.4 is 9.80 Å². The number of para-hydroxylation sites is 4. The lowest BCUT2D eigenvalue weighted by Gasteiger charge is -2.26. The molecule has 5 heteroatoms. The van der Waals surface area contributed by atoms with E-state index in [-0.39, 0.29) is 0 Å². The molecular weight excluding hydrogens is 1030 g/mol. The fourth-order valence-electron chi connectivity index (χ4n) is 13.7. The van der Waals surface area contributed by atoms with Crippen molar-refractivity contribution < 1.29 is 8.83 Å². The van der Waals surface area contributed by atoms with Gasteiger partial charge in [0.2, 0.25) is 0 Å². The van der Waals surface area contributed by atoms with Gasteiger partial charge in [0.15, 0.2) is 11.2 Å². The van der Waals surface area contributed by atoms with Crippen LogP contribution in [0.3, 0.4) is 0 Å². The molecule has 0 saturated carbocycles. The number of hydrogen-bond acceptors (Lipinski definition) is 4. The molecule has 0 aliphatic heterocycles. The molecule has 0 N–H and O–H groups in total. The summed E-state index contributed by atoms with van der Waals surface area (Å²) in [6.45, 7) is 0. The lowest BCUT2D eigenvalue weighted by atomic mass is 9.97. The maximum absolute atomic E-state index is 6.81. The van der Waals surface area contributed by atoms with Gasteiger partial charge in [-0.15, -0.1) is 0 Å². The number of anilines is 6. The first-order valence-corrected chi connectivity index (χ1v) is 29.0. The molecule has 18 rings (SSSR count). The Balaban J connectivity index is 0.863. The largest absolute Gasteiger partial charge is 0.454 e. The van der Waals surface area contributed by atoms with Gasteiger partial charge in [0.25, 0.3) is 0 Å². The van der Waals surface area contributed by atoms with E-state index >= 15 is 0 Å². The van der Waals surface area contributed by atoms with Crippen LogP contribution in [0.2, 0.25) is 0 Å². The molecule has 0 spiro atoms. The predicted octanol–water partition coefficient (Wildman–Crippen LogP) is 22.9. The zero-order valence-electron chi connectivity index (χ0n) is 45.9. The summed E-state index contributed by atoms with van der Waals surface area (Å²) in [5, 5.41) is 13.9. The van der Waals surface area contributed by atoms with Crippen molar-refractivity contribution in [1.29, 1.82) is 0 Å². The molecule has 0 unspecified atom stereocenters. The molecule has 18 aromatic rings. The minimum atomic E-state index is 0.847. The number of rotatable bonds is 9. The van der Waals surface area contributed by atoms with Crippen LogP contribution in [-0.4, -0.2) is 4.40 Å². The van der Waals surface area contributed by atoms with Crippen molar-refractivity contribution in [2.45, 2.75) is 0 Å². The van der Waals surface area contributed by atoms with Gasteiger partial charge in [-0.2, -0.15) is 0 Å². The van der Waals surface area contributed by atoms with Crippen LogP contribution in [0.4, 0.5) is 34.1 Å². The highest BCUT2D eigenvalue weighted by molar-refractivity contribution is 6.27. The lowest BCUT2D eigenvalue weighted by molar-refractivity contribution is 0.668. The van der Waals surface area contributed by atoms with Gasteiger partial charge < -0.3 is 23.0 Å². The Morgan fingerprint density at radius 2 is 0.624 bits per heavy atom. The molecule has 0 amide bonds. The average Bonchev–Trinajstić information content (AvgIpc) is 1.83. The van der Waals surface area contributed by atoms with Gasteiger partial charge in [0.05, 0.1) is 27.9 Å². The van der Waals surface area contributed by atoms with Crippen LogP contribution in [0.15, 0.2) is 306 Å². The minimum absolute atomic E-state index is 0.847. The Morgan fingerprint density at radius 3 is 1.09 bits per heavy atom. The number of furan rings is 2. The van der Waals surface area contributed by atoms with Gasteiger partial charge in [-0.05, 0) is 164 Å². The average molecular weight is 1080 g/mol. The van der Waals surface area contributed by atoms with Crippen molar-refractivity contribution in [2.24, 2.45) is 0 Å². The Hall–Kier alpha value is -11.4. The van der Waals surface area contributed by atoms with Gasteiger partial charge in [-0.3, -0.25) is 0 Å². The van der Waals surface area contributed by atoms with Crippen molar-refractivity contribution >= 4 is 138 Å². The fraction of sp³-hybridized carbons (Fsp3) is 0. The minimum Gasteiger partial charge on any atom is -0.454 e. The Kier molecular flexibility index (Phi) is 10.3. The van der Waals surface area contributed by atoms with Gasteiger partial charge in [0, 0.05) is 65.8 Å². The summed E-state index contributed by atoms with van der Waals surface area (Å²) in [5.41, 5.74) is 20.1. The lowest BCUT2D eigenvalue weighted by Crippen LogP contribution is -2.10. The first kappa shape index (κ1) is 47.3. The topological polar surface area (TPSA) is 37.2 Å².